The van der Waals surface area contributed by atoms with E-state index in [1.165, 1.54) is 6.92 Å². The summed E-state index contributed by atoms with van der Waals surface area (Å²) in [4.78, 5) is 11.0. The molecule has 0 aliphatic carbocycles. The zero-order valence-electron chi connectivity index (χ0n) is 8.84. The Labute approximate surface area is 92.1 Å². The number of benzene rings is 1. The third-order valence-corrected chi connectivity index (χ3v) is 2.08. The summed E-state index contributed by atoms with van der Waals surface area (Å²) in [6, 6.07) is 3.16. The monoisotopic (exact) mass is 229 g/mol. The molecule has 0 fully saturated rings. The molecular formula is C11H13F2NO2. The average molecular weight is 229 g/mol. The fourth-order valence-corrected chi connectivity index (χ4v) is 1.20. The van der Waals surface area contributed by atoms with Gasteiger partial charge in [-0.3, -0.25) is 4.79 Å². The molecule has 1 rings (SSSR count). The van der Waals surface area contributed by atoms with Crippen LogP contribution in [0.2, 0.25) is 0 Å². The molecule has 0 heterocycles. The van der Waals surface area contributed by atoms with E-state index in [-0.39, 0.29) is 18.5 Å². The number of carbonyl (C=O) groups excluding carboxylic acids is 1. The zero-order chi connectivity index (χ0) is 12.1. The number of hydrogen-bond acceptors (Lipinski definition) is 2. The first-order chi connectivity index (χ1) is 7.50. The maximum absolute atomic E-state index is 13.1. The molecule has 2 N–H and O–H groups in total. The topological polar surface area (TPSA) is 49.3 Å². The highest BCUT2D eigenvalue weighted by Crippen LogP contribution is 2.09. The second-order valence-electron chi connectivity index (χ2n) is 3.45. The predicted molar refractivity (Wildman–Crippen MR) is 54.8 cm³/mol. The van der Waals surface area contributed by atoms with Crippen LogP contribution in [0, 0.1) is 11.6 Å². The van der Waals surface area contributed by atoms with Gasteiger partial charge in [0.2, 0.25) is 5.91 Å². The molecule has 1 aromatic carbocycles. The quantitative estimate of drug-likeness (QED) is 0.809. The number of carbonyl (C=O) groups is 1. The summed E-state index contributed by atoms with van der Waals surface area (Å²) in [5.41, 5.74) is 0.200. The Morgan fingerprint density at radius 3 is 2.81 bits per heavy atom. The largest absolute Gasteiger partial charge is 0.384 e. The molecule has 1 amide bonds. The summed E-state index contributed by atoms with van der Waals surface area (Å²) in [5.74, 6) is -1.55. The van der Waals surface area contributed by atoms with Crippen LogP contribution in [0.3, 0.4) is 0 Å². The molecular weight excluding hydrogens is 216 g/mol. The van der Waals surface area contributed by atoms with E-state index in [9.17, 15) is 13.6 Å². The van der Waals surface area contributed by atoms with Crippen molar-refractivity contribution in [3.63, 3.8) is 0 Å². The lowest BCUT2D eigenvalue weighted by Gasteiger charge is -2.07. The van der Waals surface area contributed by atoms with Gasteiger partial charge in [0.15, 0.2) is 0 Å². The van der Waals surface area contributed by atoms with Crippen LogP contribution in [0.1, 0.15) is 12.5 Å². The molecule has 1 unspecified atom stereocenters. The number of hydrogen-bond donors (Lipinski definition) is 2. The summed E-state index contributed by atoms with van der Waals surface area (Å²) in [6.45, 7) is 1.49. The third kappa shape index (κ3) is 3.58. The number of nitrogens with one attached hydrogen (secondary N) is 1. The van der Waals surface area contributed by atoms with E-state index in [4.69, 9.17) is 5.11 Å². The van der Waals surface area contributed by atoms with E-state index in [1.54, 1.807) is 0 Å². The third-order valence-electron chi connectivity index (χ3n) is 2.08. The van der Waals surface area contributed by atoms with E-state index in [1.807, 2.05) is 0 Å². The molecule has 0 aliphatic rings. The van der Waals surface area contributed by atoms with Crippen molar-refractivity contribution < 1.29 is 18.7 Å². The first-order valence-electron chi connectivity index (χ1n) is 4.90. The van der Waals surface area contributed by atoms with E-state index in [2.05, 4.69) is 5.32 Å². The standard InChI is InChI=1S/C11H13F2NO2/c1-7(15)11(16)14-5-4-8-6-9(12)2-3-10(8)13/h2-3,6-7,15H,4-5H2,1H3,(H,14,16). The van der Waals surface area contributed by atoms with Crippen molar-refractivity contribution in [2.75, 3.05) is 6.54 Å². The number of aliphatic hydroxyl groups excluding tert-OH is 1. The minimum Gasteiger partial charge on any atom is -0.384 e. The van der Waals surface area contributed by atoms with E-state index in [0.29, 0.717) is 0 Å². The van der Waals surface area contributed by atoms with Gasteiger partial charge in [-0.05, 0) is 37.1 Å². The van der Waals surface area contributed by atoms with Gasteiger partial charge in [-0.2, -0.15) is 0 Å². The summed E-state index contributed by atoms with van der Waals surface area (Å²) >= 11 is 0. The minimum atomic E-state index is -1.10. The molecule has 0 bridgehead atoms. The molecule has 16 heavy (non-hydrogen) atoms. The van der Waals surface area contributed by atoms with Crippen molar-refractivity contribution in [2.24, 2.45) is 0 Å². The van der Waals surface area contributed by atoms with Crippen LogP contribution in [-0.4, -0.2) is 23.7 Å². The molecule has 3 nitrogen and oxygen atoms in total. The van der Waals surface area contributed by atoms with Crippen LogP contribution in [-0.2, 0) is 11.2 Å². The number of amides is 1. The van der Waals surface area contributed by atoms with Crippen molar-refractivity contribution in [3.05, 3.63) is 35.4 Å². The molecule has 0 saturated carbocycles. The molecule has 88 valence electrons. The Bertz CT molecular complexity index is 380. The van der Waals surface area contributed by atoms with Gasteiger partial charge in [-0.15, -0.1) is 0 Å². The van der Waals surface area contributed by atoms with Crippen LogP contribution in [0.15, 0.2) is 18.2 Å². The highest BCUT2D eigenvalue weighted by Gasteiger charge is 2.08. The second kappa shape index (κ2) is 5.55. The Morgan fingerprint density at radius 1 is 1.50 bits per heavy atom. The predicted octanol–water partition coefficient (Wildman–Crippen LogP) is 1.00. The molecule has 0 spiro atoms. The van der Waals surface area contributed by atoms with Gasteiger partial charge in [0.05, 0.1) is 0 Å². The molecule has 0 aliphatic heterocycles. The molecule has 5 heteroatoms. The van der Waals surface area contributed by atoms with Gasteiger partial charge in [-0.1, -0.05) is 0 Å². The van der Waals surface area contributed by atoms with E-state index in [0.717, 1.165) is 18.2 Å². The Balaban J connectivity index is 2.49. The first-order valence-corrected chi connectivity index (χ1v) is 4.90. The number of halogens is 2. The summed E-state index contributed by atoms with van der Waals surface area (Å²) in [7, 11) is 0. The normalized spacial score (nSPS) is 12.2. The lowest BCUT2D eigenvalue weighted by Crippen LogP contribution is -2.33. The maximum atomic E-state index is 13.1. The first kappa shape index (κ1) is 12.6. The van der Waals surface area contributed by atoms with Crippen molar-refractivity contribution in [2.45, 2.75) is 19.4 Å². The van der Waals surface area contributed by atoms with Crippen molar-refractivity contribution in [1.29, 1.82) is 0 Å². The Kier molecular flexibility index (Phi) is 4.37. The van der Waals surface area contributed by atoms with Crippen LogP contribution >= 0.6 is 0 Å². The molecule has 0 saturated heterocycles. The smallest absolute Gasteiger partial charge is 0.248 e. The number of rotatable bonds is 4. The fourth-order valence-electron chi connectivity index (χ4n) is 1.20. The minimum absolute atomic E-state index is 0.157. The Morgan fingerprint density at radius 2 is 2.19 bits per heavy atom. The average Bonchev–Trinajstić information content (AvgIpc) is 2.22. The van der Waals surface area contributed by atoms with Crippen molar-refractivity contribution in [1.82, 2.24) is 5.32 Å². The second-order valence-corrected chi connectivity index (χ2v) is 3.45. The van der Waals surface area contributed by atoms with Gasteiger partial charge >= 0.3 is 0 Å². The van der Waals surface area contributed by atoms with E-state index < -0.39 is 23.6 Å². The summed E-state index contributed by atoms with van der Waals surface area (Å²) < 4.78 is 25.9. The molecule has 0 aromatic heterocycles. The SMILES string of the molecule is CC(O)C(=O)NCCc1cc(F)ccc1F. The van der Waals surface area contributed by atoms with Gasteiger partial charge < -0.3 is 10.4 Å². The lowest BCUT2D eigenvalue weighted by molar-refractivity contribution is -0.128. The lowest BCUT2D eigenvalue weighted by atomic mass is 10.1. The maximum Gasteiger partial charge on any atom is 0.248 e. The molecule has 0 radical (unpaired) electrons. The van der Waals surface area contributed by atoms with Gasteiger partial charge in [0, 0.05) is 6.54 Å². The number of aliphatic hydroxyl groups is 1. The van der Waals surface area contributed by atoms with Crippen LogP contribution < -0.4 is 5.32 Å². The summed E-state index contributed by atoms with van der Waals surface area (Å²) in [5, 5.41) is 11.3. The fraction of sp³-hybridized carbons (Fsp3) is 0.364. The van der Waals surface area contributed by atoms with Crippen molar-refractivity contribution >= 4 is 5.91 Å². The molecule has 1 atom stereocenters. The summed E-state index contributed by atoms with van der Waals surface area (Å²) in [6.07, 6.45) is -0.917. The highest BCUT2D eigenvalue weighted by atomic mass is 19.1. The van der Waals surface area contributed by atoms with Crippen LogP contribution in [0.25, 0.3) is 0 Å². The zero-order valence-corrected chi connectivity index (χ0v) is 8.84. The van der Waals surface area contributed by atoms with Gasteiger partial charge in [-0.25, -0.2) is 8.78 Å². The van der Waals surface area contributed by atoms with Crippen molar-refractivity contribution in [3.8, 4) is 0 Å². The Hall–Kier alpha value is -1.49. The van der Waals surface area contributed by atoms with E-state index >= 15 is 0 Å². The van der Waals surface area contributed by atoms with Crippen LogP contribution in [0.4, 0.5) is 8.78 Å². The van der Waals surface area contributed by atoms with Gasteiger partial charge in [0.1, 0.15) is 17.7 Å². The van der Waals surface area contributed by atoms with Gasteiger partial charge in [0.25, 0.3) is 0 Å². The highest BCUT2D eigenvalue weighted by molar-refractivity contribution is 5.79. The molecule has 1 aromatic rings. The van der Waals surface area contributed by atoms with Crippen LogP contribution in [0.5, 0.6) is 0 Å².